The summed E-state index contributed by atoms with van der Waals surface area (Å²) in [6, 6.07) is 3.39. The minimum atomic E-state index is -1.43. The third kappa shape index (κ3) is 2.82. The largest absolute Gasteiger partial charge is 0.477 e. The monoisotopic (exact) mass is 238 g/mol. The summed E-state index contributed by atoms with van der Waals surface area (Å²) in [6.45, 7) is 9.78. The number of carbonyl (C=O) groups is 1. The van der Waals surface area contributed by atoms with E-state index in [1.807, 2.05) is 6.07 Å². The van der Waals surface area contributed by atoms with Crippen molar-refractivity contribution in [2.45, 2.75) is 26.6 Å². The fourth-order valence-electron chi connectivity index (χ4n) is 1.72. The molecule has 0 atom stereocenters. The number of carboxylic acid groups (broad SMARTS) is 1. The molecule has 0 bridgehead atoms. The molecular weight excluding hydrogens is 220 g/mol. The van der Waals surface area contributed by atoms with Gasteiger partial charge in [0.15, 0.2) is 0 Å². The van der Waals surface area contributed by atoms with Crippen molar-refractivity contribution < 1.29 is 9.90 Å². The molecule has 0 unspecified atom stereocenters. The quantitative estimate of drug-likeness (QED) is 0.819. The van der Waals surface area contributed by atoms with Gasteiger partial charge in [-0.1, -0.05) is 19.6 Å². The first-order valence-corrected chi connectivity index (χ1v) is 8.78. The second-order valence-electron chi connectivity index (χ2n) is 4.62. The van der Waals surface area contributed by atoms with Gasteiger partial charge in [-0.15, -0.1) is 0 Å². The first-order chi connectivity index (χ1) is 7.36. The summed E-state index contributed by atoms with van der Waals surface area (Å²) in [4.78, 5) is 14.6. The Balaban J connectivity index is 3.00. The molecule has 0 saturated carbocycles. The van der Waals surface area contributed by atoms with Gasteiger partial charge in [-0.25, -0.2) is 9.78 Å². The molecule has 0 amide bonds. The Labute approximate surface area is 97.0 Å². The molecule has 1 N–H and O–H groups in total. The summed E-state index contributed by atoms with van der Waals surface area (Å²) < 4.78 is 2.31. The van der Waals surface area contributed by atoms with Gasteiger partial charge in [0, 0.05) is 12.2 Å². The van der Waals surface area contributed by atoms with Crippen molar-refractivity contribution in [1.82, 2.24) is 4.98 Å². The molecule has 88 valence electrons. The molecule has 4 nitrogen and oxygen atoms in total. The zero-order valence-electron chi connectivity index (χ0n) is 10.2. The normalized spacial score (nSPS) is 11.2. The van der Waals surface area contributed by atoms with E-state index >= 15 is 0 Å². The number of hydrogen-bond donors (Lipinski definition) is 1. The highest BCUT2D eigenvalue weighted by Crippen LogP contribution is 2.20. The predicted molar refractivity (Wildman–Crippen MR) is 67.6 cm³/mol. The van der Waals surface area contributed by atoms with Crippen molar-refractivity contribution in [2.75, 3.05) is 11.1 Å². The van der Waals surface area contributed by atoms with E-state index < -0.39 is 14.2 Å². The van der Waals surface area contributed by atoms with Crippen LogP contribution in [0.5, 0.6) is 0 Å². The van der Waals surface area contributed by atoms with Crippen molar-refractivity contribution >= 4 is 19.9 Å². The van der Waals surface area contributed by atoms with Gasteiger partial charge in [0.2, 0.25) is 0 Å². The molecule has 16 heavy (non-hydrogen) atoms. The van der Waals surface area contributed by atoms with Crippen LogP contribution >= 0.6 is 0 Å². The smallest absolute Gasteiger partial charge is 0.354 e. The second kappa shape index (κ2) is 4.65. The van der Waals surface area contributed by atoms with Gasteiger partial charge in [0.05, 0.1) is 6.20 Å². The van der Waals surface area contributed by atoms with E-state index in [-0.39, 0.29) is 5.69 Å². The molecule has 0 aromatic carbocycles. The topological polar surface area (TPSA) is 53.4 Å². The van der Waals surface area contributed by atoms with Crippen LogP contribution in [0.25, 0.3) is 0 Å². The van der Waals surface area contributed by atoms with Gasteiger partial charge in [-0.3, -0.25) is 0 Å². The van der Waals surface area contributed by atoms with E-state index in [4.69, 9.17) is 5.11 Å². The van der Waals surface area contributed by atoms with Crippen LogP contribution in [0.15, 0.2) is 18.3 Å². The highest BCUT2D eigenvalue weighted by Gasteiger charge is 2.23. The molecule has 0 aliphatic rings. The Bertz CT molecular complexity index is 371. The maximum Gasteiger partial charge on any atom is 0.354 e. The van der Waals surface area contributed by atoms with Gasteiger partial charge < -0.3 is 9.67 Å². The standard InChI is InChI=1S/C11H18N2O2Si/c1-5-13(16(2,3)4)9-6-7-10(11(14)15)12-8-9/h6-8H,5H2,1-4H3,(H,14,15). The van der Waals surface area contributed by atoms with E-state index in [1.165, 1.54) is 0 Å². The first-order valence-electron chi connectivity index (χ1n) is 5.33. The number of hydrogen-bond acceptors (Lipinski definition) is 3. The van der Waals surface area contributed by atoms with Crippen molar-refractivity contribution in [3.63, 3.8) is 0 Å². The van der Waals surface area contributed by atoms with Gasteiger partial charge >= 0.3 is 5.97 Å². The zero-order chi connectivity index (χ0) is 12.3. The number of carboxylic acids is 1. The third-order valence-electron chi connectivity index (χ3n) is 2.40. The summed E-state index contributed by atoms with van der Waals surface area (Å²) in [5, 5.41) is 8.76. The number of anilines is 1. The summed E-state index contributed by atoms with van der Waals surface area (Å²) in [7, 11) is -1.43. The van der Waals surface area contributed by atoms with Crippen LogP contribution in [0.3, 0.4) is 0 Å². The van der Waals surface area contributed by atoms with Crippen molar-refractivity contribution in [3.8, 4) is 0 Å². The lowest BCUT2D eigenvalue weighted by atomic mass is 10.3. The van der Waals surface area contributed by atoms with Gasteiger partial charge in [-0.05, 0) is 19.1 Å². The Hall–Kier alpha value is -1.36. The number of aromatic nitrogens is 1. The van der Waals surface area contributed by atoms with Crippen LogP contribution < -0.4 is 4.57 Å². The van der Waals surface area contributed by atoms with Gasteiger partial charge in [0.25, 0.3) is 0 Å². The van der Waals surface area contributed by atoms with Crippen LogP contribution in [-0.4, -0.2) is 30.8 Å². The Kier molecular flexibility index (Phi) is 3.69. The molecule has 1 rings (SSSR count). The van der Waals surface area contributed by atoms with Crippen LogP contribution in [0.1, 0.15) is 17.4 Å². The van der Waals surface area contributed by atoms with E-state index in [9.17, 15) is 4.79 Å². The van der Waals surface area contributed by atoms with Gasteiger partial charge in [-0.2, -0.15) is 0 Å². The number of nitrogens with zero attached hydrogens (tertiary/aromatic N) is 2. The number of aromatic carboxylic acids is 1. The van der Waals surface area contributed by atoms with E-state index in [2.05, 4.69) is 36.1 Å². The van der Waals surface area contributed by atoms with E-state index in [0.717, 1.165) is 12.2 Å². The molecule has 0 aliphatic heterocycles. The van der Waals surface area contributed by atoms with E-state index in [0.29, 0.717) is 0 Å². The van der Waals surface area contributed by atoms with Crippen LogP contribution in [0.2, 0.25) is 19.6 Å². The highest BCUT2D eigenvalue weighted by molar-refractivity contribution is 6.79. The number of rotatable bonds is 4. The predicted octanol–water partition coefficient (Wildman–Crippen LogP) is 2.44. The van der Waals surface area contributed by atoms with Crippen LogP contribution in [0.4, 0.5) is 5.69 Å². The zero-order valence-corrected chi connectivity index (χ0v) is 11.2. The molecule has 0 fully saturated rings. The first kappa shape index (κ1) is 12.7. The van der Waals surface area contributed by atoms with Crippen LogP contribution in [-0.2, 0) is 0 Å². The molecular formula is C11H18N2O2Si. The molecule has 0 saturated heterocycles. The average Bonchev–Trinajstić information content (AvgIpc) is 2.17. The Morgan fingerprint density at radius 1 is 1.44 bits per heavy atom. The van der Waals surface area contributed by atoms with Crippen LogP contribution in [0, 0.1) is 0 Å². The maximum absolute atomic E-state index is 10.7. The lowest BCUT2D eigenvalue weighted by molar-refractivity contribution is 0.0690. The Morgan fingerprint density at radius 3 is 2.38 bits per heavy atom. The fourth-order valence-corrected chi connectivity index (χ4v) is 3.57. The minimum absolute atomic E-state index is 0.0929. The lowest BCUT2D eigenvalue weighted by Crippen LogP contribution is -2.46. The van der Waals surface area contributed by atoms with Gasteiger partial charge in [0.1, 0.15) is 13.9 Å². The second-order valence-corrected chi connectivity index (χ2v) is 9.50. The molecule has 0 radical (unpaired) electrons. The maximum atomic E-state index is 10.7. The fraction of sp³-hybridized carbons (Fsp3) is 0.455. The summed E-state index contributed by atoms with van der Waals surface area (Å²) in [5.41, 5.74) is 1.10. The summed E-state index contributed by atoms with van der Waals surface area (Å²) in [5.74, 6) is -0.984. The molecule has 0 spiro atoms. The summed E-state index contributed by atoms with van der Waals surface area (Å²) >= 11 is 0. The average molecular weight is 238 g/mol. The summed E-state index contributed by atoms with van der Waals surface area (Å²) in [6.07, 6.45) is 1.64. The van der Waals surface area contributed by atoms with Crippen molar-refractivity contribution in [2.24, 2.45) is 0 Å². The molecule has 5 heteroatoms. The molecule has 1 heterocycles. The van der Waals surface area contributed by atoms with Crippen molar-refractivity contribution in [1.29, 1.82) is 0 Å². The lowest BCUT2D eigenvalue weighted by Gasteiger charge is -2.35. The Morgan fingerprint density at radius 2 is 2.06 bits per heavy atom. The minimum Gasteiger partial charge on any atom is -0.477 e. The van der Waals surface area contributed by atoms with Crippen molar-refractivity contribution in [3.05, 3.63) is 24.0 Å². The molecule has 1 aromatic rings. The molecule has 0 aliphatic carbocycles. The number of pyridine rings is 1. The molecule has 1 aromatic heterocycles. The third-order valence-corrected chi connectivity index (χ3v) is 4.60. The highest BCUT2D eigenvalue weighted by atomic mass is 28.3. The van der Waals surface area contributed by atoms with E-state index in [1.54, 1.807) is 12.3 Å². The SMILES string of the molecule is CCN(c1ccc(C(=O)O)nc1)[Si](C)(C)C.